The summed E-state index contributed by atoms with van der Waals surface area (Å²) >= 11 is 0. The third-order valence-corrected chi connectivity index (χ3v) is 1.41. The molecular weight excluding hydrogens is 140 g/mol. The van der Waals surface area contributed by atoms with Crippen LogP contribution in [0.2, 0.25) is 0 Å². The molecule has 0 saturated heterocycles. The lowest BCUT2D eigenvalue weighted by atomic mass is 10.1. The lowest BCUT2D eigenvalue weighted by Crippen LogP contribution is -2.21. The smallest absolute Gasteiger partial charge is 0.141 e. The van der Waals surface area contributed by atoms with Gasteiger partial charge in [0.05, 0.1) is 15.6 Å². The first-order valence-corrected chi connectivity index (χ1v) is 4.16. The van der Waals surface area contributed by atoms with Crippen LogP contribution < -0.4 is 0 Å². The average molecular weight is 154 g/mol. The molecule has 1 nitrogen and oxygen atoms in total. The van der Waals surface area contributed by atoms with Crippen molar-refractivity contribution in [2.45, 2.75) is 12.5 Å². The Labute approximate surface area is 65.5 Å². The second kappa shape index (κ2) is 3.42. The van der Waals surface area contributed by atoms with Gasteiger partial charge in [0.15, 0.2) is 0 Å². The summed E-state index contributed by atoms with van der Waals surface area (Å²) in [6.07, 6.45) is 3.42. The predicted molar refractivity (Wildman–Crippen MR) is 49.0 cm³/mol. The van der Waals surface area contributed by atoms with Crippen molar-refractivity contribution in [1.29, 1.82) is 0 Å². The van der Waals surface area contributed by atoms with Gasteiger partial charge in [-0.05, 0) is 19.1 Å². The summed E-state index contributed by atoms with van der Waals surface area (Å²) in [5, 5.41) is 0.808. The highest BCUT2D eigenvalue weighted by Crippen LogP contribution is 2.14. The third kappa shape index (κ3) is 2.69. The minimum Gasteiger partial charge on any atom is -0.491 e. The van der Waals surface area contributed by atoms with Crippen LogP contribution in [0.4, 0.5) is 0 Å². The summed E-state index contributed by atoms with van der Waals surface area (Å²) in [5.41, 5.74) is -0.432. The molecule has 56 valence electrons. The first kappa shape index (κ1) is 9.24. The zero-order valence-corrected chi connectivity index (χ0v) is 8.68. The molecule has 0 aromatic heterocycles. The Balaban J connectivity index is 4.19. The predicted octanol–water partition coefficient (Wildman–Crippen LogP) is 0.970. The van der Waals surface area contributed by atoms with Gasteiger partial charge in [-0.25, -0.2) is 0 Å². The van der Waals surface area contributed by atoms with Crippen LogP contribution in [0.25, 0.3) is 0 Å². The van der Waals surface area contributed by atoms with Gasteiger partial charge in [-0.3, -0.25) is 0 Å². The molecule has 0 aliphatic carbocycles. The second-order valence-electron chi connectivity index (χ2n) is 2.40. The van der Waals surface area contributed by atoms with Crippen molar-refractivity contribution in [3.05, 3.63) is 37.3 Å². The first-order valence-electron chi connectivity index (χ1n) is 3.16. The molecule has 0 aliphatic heterocycles. The van der Waals surface area contributed by atoms with Gasteiger partial charge in [0.25, 0.3) is 0 Å². The summed E-state index contributed by atoms with van der Waals surface area (Å²) in [4.78, 5) is 0. The van der Waals surface area contributed by atoms with Crippen molar-refractivity contribution in [3.63, 3.8) is 0 Å². The topological polar surface area (TPSA) is 9.23 Å². The highest BCUT2D eigenvalue weighted by atomic mass is 28.1. The molecule has 0 spiro atoms. The second-order valence-corrected chi connectivity index (χ2v) is 3.51. The highest BCUT2D eigenvalue weighted by Gasteiger charge is 2.15. The maximum absolute atomic E-state index is 5.37. The Morgan fingerprint density at radius 1 is 1.50 bits per heavy atom. The Morgan fingerprint density at radius 2 is 1.90 bits per heavy atom. The van der Waals surface area contributed by atoms with E-state index in [1.165, 1.54) is 0 Å². The minimum atomic E-state index is -0.432. The maximum atomic E-state index is 5.37. The monoisotopic (exact) mass is 154 g/mol. The van der Waals surface area contributed by atoms with E-state index in [4.69, 9.17) is 4.74 Å². The van der Waals surface area contributed by atoms with Gasteiger partial charge in [-0.1, -0.05) is 19.7 Å². The van der Waals surface area contributed by atoms with Crippen molar-refractivity contribution >= 4 is 10.2 Å². The van der Waals surface area contributed by atoms with E-state index in [1.807, 2.05) is 6.92 Å². The van der Waals surface area contributed by atoms with Crippen LogP contribution in [0.3, 0.4) is 0 Å². The highest BCUT2D eigenvalue weighted by molar-refractivity contribution is 6.19. The summed E-state index contributed by atoms with van der Waals surface area (Å²) in [6.45, 7) is 12.8. The van der Waals surface area contributed by atoms with E-state index < -0.39 is 5.60 Å². The van der Waals surface area contributed by atoms with E-state index in [2.05, 4.69) is 19.7 Å². The van der Waals surface area contributed by atoms with E-state index in [1.54, 1.807) is 12.2 Å². The summed E-state index contributed by atoms with van der Waals surface area (Å²) in [7, 11) is 0.847. The van der Waals surface area contributed by atoms with E-state index in [0.29, 0.717) is 0 Å². The van der Waals surface area contributed by atoms with Crippen molar-refractivity contribution in [3.8, 4) is 0 Å². The molecule has 0 amide bonds. The molecule has 0 aromatic carbocycles. The molecule has 10 heavy (non-hydrogen) atoms. The SMILES string of the molecule is C=CC(C)(C=C)OC(=C)[SiH3]. The Kier molecular flexibility index (Phi) is 3.16. The zero-order chi connectivity index (χ0) is 8.20. The maximum Gasteiger partial charge on any atom is 0.141 e. The summed E-state index contributed by atoms with van der Waals surface area (Å²) in [5.74, 6) is 0. The van der Waals surface area contributed by atoms with E-state index in [-0.39, 0.29) is 0 Å². The standard InChI is InChI=1S/C8H14OSi/c1-5-8(4,6-2)9-7(3)10/h5-6H,1-3H2,4,10H3. The number of hydrogen-bond donors (Lipinski definition) is 0. The van der Waals surface area contributed by atoms with Gasteiger partial charge in [0.2, 0.25) is 0 Å². The van der Waals surface area contributed by atoms with E-state index in [9.17, 15) is 0 Å². The molecule has 0 aromatic rings. The summed E-state index contributed by atoms with van der Waals surface area (Å²) < 4.78 is 5.37. The van der Waals surface area contributed by atoms with Crippen molar-refractivity contribution in [2.75, 3.05) is 0 Å². The fraction of sp³-hybridized carbons (Fsp3) is 0.250. The van der Waals surface area contributed by atoms with Crippen LogP contribution in [0, 0.1) is 0 Å². The molecule has 0 aliphatic rings. The molecule has 0 fully saturated rings. The Morgan fingerprint density at radius 3 is 2.00 bits per heavy atom. The zero-order valence-electron chi connectivity index (χ0n) is 6.68. The molecule has 0 unspecified atom stereocenters. The normalized spacial score (nSPS) is 10.5. The number of rotatable bonds is 4. The Hall–Kier alpha value is -0.763. The van der Waals surface area contributed by atoms with Gasteiger partial charge >= 0.3 is 0 Å². The van der Waals surface area contributed by atoms with Gasteiger partial charge in [-0.15, -0.1) is 0 Å². The molecule has 0 heterocycles. The molecule has 0 bridgehead atoms. The first-order chi connectivity index (χ1) is 4.54. The lowest BCUT2D eigenvalue weighted by Gasteiger charge is -2.23. The van der Waals surface area contributed by atoms with Crippen molar-refractivity contribution < 1.29 is 4.74 Å². The Bertz CT molecular complexity index is 153. The van der Waals surface area contributed by atoms with Gasteiger partial charge in [0.1, 0.15) is 5.60 Å². The van der Waals surface area contributed by atoms with E-state index in [0.717, 1.165) is 15.6 Å². The van der Waals surface area contributed by atoms with Crippen LogP contribution in [-0.2, 0) is 4.74 Å². The van der Waals surface area contributed by atoms with Gasteiger partial charge in [0, 0.05) is 0 Å². The quantitative estimate of drug-likeness (QED) is 0.333. The van der Waals surface area contributed by atoms with Crippen LogP contribution in [0.15, 0.2) is 37.3 Å². The van der Waals surface area contributed by atoms with Crippen LogP contribution in [-0.4, -0.2) is 15.8 Å². The fourth-order valence-electron chi connectivity index (χ4n) is 0.542. The lowest BCUT2D eigenvalue weighted by molar-refractivity contribution is 0.124. The molecule has 0 saturated carbocycles. The molecule has 0 atom stereocenters. The number of ether oxygens (including phenoxy) is 1. The minimum absolute atomic E-state index is 0.432. The van der Waals surface area contributed by atoms with Crippen molar-refractivity contribution in [1.82, 2.24) is 0 Å². The van der Waals surface area contributed by atoms with Crippen molar-refractivity contribution in [2.24, 2.45) is 0 Å². The number of hydrogen-bond acceptors (Lipinski definition) is 1. The third-order valence-electron chi connectivity index (χ3n) is 1.20. The molecular formula is C8H14OSi. The molecule has 0 N–H and O–H groups in total. The summed E-state index contributed by atoms with van der Waals surface area (Å²) in [6, 6.07) is 0. The van der Waals surface area contributed by atoms with E-state index >= 15 is 0 Å². The van der Waals surface area contributed by atoms with Crippen LogP contribution in [0.5, 0.6) is 0 Å². The average Bonchev–Trinajstić information content (AvgIpc) is 1.87. The molecule has 2 heteroatoms. The molecule has 0 radical (unpaired) electrons. The molecule has 0 rings (SSSR count). The largest absolute Gasteiger partial charge is 0.491 e. The van der Waals surface area contributed by atoms with Crippen LogP contribution >= 0.6 is 0 Å². The van der Waals surface area contributed by atoms with Gasteiger partial charge < -0.3 is 4.74 Å². The fourth-order valence-corrected chi connectivity index (χ4v) is 0.982. The van der Waals surface area contributed by atoms with Crippen LogP contribution in [0.1, 0.15) is 6.92 Å². The van der Waals surface area contributed by atoms with Gasteiger partial charge in [-0.2, -0.15) is 0 Å².